The van der Waals surface area contributed by atoms with Crippen molar-refractivity contribution in [3.63, 3.8) is 0 Å². The quantitative estimate of drug-likeness (QED) is 0.812. The van der Waals surface area contributed by atoms with Gasteiger partial charge in [-0.05, 0) is 43.2 Å². The Morgan fingerprint density at radius 2 is 2.12 bits per heavy atom. The molecule has 0 spiro atoms. The summed E-state index contributed by atoms with van der Waals surface area (Å²) in [5.41, 5.74) is 2.32. The van der Waals surface area contributed by atoms with Gasteiger partial charge in [0.15, 0.2) is 0 Å². The van der Waals surface area contributed by atoms with Crippen LogP contribution in [0.4, 0.5) is 0 Å². The van der Waals surface area contributed by atoms with E-state index in [1.54, 1.807) is 18.8 Å². The number of carbonyl (C=O) groups excluding carboxylic acids is 1. The molecule has 1 amide bonds. The Morgan fingerprint density at radius 3 is 2.59 bits per heavy atom. The highest BCUT2D eigenvalue weighted by Gasteiger charge is 2.31. The fraction of sp³-hybridized carbons (Fsp3) is 0.500. The highest BCUT2D eigenvalue weighted by Crippen LogP contribution is 2.45. The van der Waals surface area contributed by atoms with E-state index >= 15 is 0 Å². The van der Waals surface area contributed by atoms with Crippen LogP contribution in [-0.4, -0.2) is 13.0 Å². The van der Waals surface area contributed by atoms with E-state index in [0.29, 0.717) is 0 Å². The lowest BCUT2D eigenvalue weighted by Crippen LogP contribution is -2.31. The molecule has 0 aromatic heterocycles. The van der Waals surface area contributed by atoms with Crippen LogP contribution < -0.4 is 5.32 Å². The molecule has 0 bridgehead atoms. The van der Waals surface area contributed by atoms with Crippen LogP contribution in [0.25, 0.3) is 0 Å². The summed E-state index contributed by atoms with van der Waals surface area (Å²) in [6.45, 7) is 8.27. The van der Waals surface area contributed by atoms with Gasteiger partial charge >= 0.3 is 0 Å². The van der Waals surface area contributed by atoms with Gasteiger partial charge < -0.3 is 5.32 Å². The summed E-state index contributed by atoms with van der Waals surface area (Å²) in [5.74, 6) is -0.0337. The minimum atomic E-state index is -0.118. The average molecular weight is 251 g/mol. The largest absolute Gasteiger partial charge is 0.358 e. The summed E-state index contributed by atoms with van der Waals surface area (Å²) in [7, 11) is 1.70. The Bertz CT molecular complexity index is 404. The Morgan fingerprint density at radius 1 is 1.47 bits per heavy atom. The van der Waals surface area contributed by atoms with Crippen molar-refractivity contribution in [2.75, 3.05) is 7.05 Å². The Balaban J connectivity index is 3.31. The maximum absolute atomic E-state index is 12.0. The number of hydrogen-bond acceptors (Lipinski definition) is 2. The fourth-order valence-electron chi connectivity index (χ4n) is 2.03. The number of nitrogens with one attached hydrogen (secondary N) is 1. The molecule has 0 fully saturated rings. The maximum atomic E-state index is 12.0. The van der Waals surface area contributed by atoms with Crippen LogP contribution in [0.3, 0.4) is 0 Å². The van der Waals surface area contributed by atoms with Crippen molar-refractivity contribution in [2.24, 2.45) is 5.92 Å². The van der Waals surface area contributed by atoms with E-state index < -0.39 is 0 Å². The molecule has 1 unspecified atom stereocenters. The van der Waals surface area contributed by atoms with Crippen LogP contribution in [-0.2, 0) is 4.79 Å². The highest BCUT2D eigenvalue weighted by atomic mass is 32.2. The molecule has 0 radical (unpaired) electrons. The third-order valence-electron chi connectivity index (χ3n) is 3.04. The zero-order valence-electron chi connectivity index (χ0n) is 11.3. The molecule has 1 aliphatic rings. The summed E-state index contributed by atoms with van der Waals surface area (Å²) in [5, 5.41) is 2.77. The second-order valence-electron chi connectivity index (χ2n) is 4.11. The van der Waals surface area contributed by atoms with E-state index in [4.69, 9.17) is 0 Å². The molecule has 1 N–H and O–H groups in total. The maximum Gasteiger partial charge on any atom is 0.231 e. The van der Waals surface area contributed by atoms with Crippen molar-refractivity contribution >= 4 is 17.7 Å². The Kier molecular flexibility index (Phi) is 5.06. The number of hydrogen-bond donors (Lipinski definition) is 1. The number of rotatable bonds is 2. The summed E-state index contributed by atoms with van der Waals surface area (Å²) < 4.78 is 0. The molecule has 0 saturated carbocycles. The Labute approximate surface area is 108 Å². The normalized spacial score (nSPS) is 25.6. The predicted molar refractivity (Wildman–Crippen MR) is 75.7 cm³/mol. The highest BCUT2D eigenvalue weighted by molar-refractivity contribution is 8.07. The van der Waals surface area contributed by atoms with Gasteiger partial charge in [-0.1, -0.05) is 30.8 Å². The van der Waals surface area contributed by atoms with Crippen LogP contribution in [0.15, 0.2) is 33.1 Å². The number of carbonyl (C=O) groups is 1. The van der Waals surface area contributed by atoms with Crippen molar-refractivity contribution in [1.82, 2.24) is 5.32 Å². The van der Waals surface area contributed by atoms with Gasteiger partial charge in [-0.3, -0.25) is 4.79 Å². The van der Waals surface area contributed by atoms with Crippen molar-refractivity contribution < 1.29 is 4.79 Å². The third-order valence-corrected chi connectivity index (χ3v) is 4.36. The van der Waals surface area contributed by atoms with Crippen LogP contribution in [0.2, 0.25) is 0 Å². The second-order valence-corrected chi connectivity index (χ2v) is 5.37. The van der Waals surface area contributed by atoms with Crippen molar-refractivity contribution in [1.29, 1.82) is 0 Å². The molecule has 0 aromatic rings. The minimum absolute atomic E-state index is 0.0844. The van der Waals surface area contributed by atoms with Crippen LogP contribution >= 0.6 is 11.8 Å². The van der Waals surface area contributed by atoms with Crippen molar-refractivity contribution in [3.05, 3.63) is 33.1 Å². The first-order valence-electron chi connectivity index (χ1n) is 6.00. The van der Waals surface area contributed by atoms with Gasteiger partial charge in [0.25, 0.3) is 0 Å². The van der Waals surface area contributed by atoms with Crippen LogP contribution in [0, 0.1) is 5.92 Å². The molecule has 2 nitrogen and oxygen atoms in total. The van der Waals surface area contributed by atoms with E-state index in [2.05, 4.69) is 38.2 Å². The number of allylic oxidation sites excluding steroid dienone is 4. The topological polar surface area (TPSA) is 29.1 Å². The van der Waals surface area contributed by atoms with Gasteiger partial charge in [0, 0.05) is 12.0 Å². The SMILES string of the molecule is C/C=C1/SC(C)=C(C)C(C(=O)NC)/C1=C/CC. The molecular weight excluding hydrogens is 230 g/mol. The van der Waals surface area contributed by atoms with E-state index in [9.17, 15) is 4.79 Å². The van der Waals surface area contributed by atoms with E-state index in [1.807, 2.05) is 6.92 Å². The fourth-order valence-corrected chi connectivity index (χ4v) is 3.07. The monoisotopic (exact) mass is 251 g/mol. The summed E-state index contributed by atoms with van der Waals surface area (Å²) >= 11 is 1.77. The van der Waals surface area contributed by atoms with Crippen LogP contribution in [0.1, 0.15) is 34.1 Å². The van der Waals surface area contributed by atoms with Gasteiger partial charge in [0.2, 0.25) is 5.91 Å². The molecule has 0 aliphatic carbocycles. The van der Waals surface area contributed by atoms with Gasteiger partial charge in [-0.2, -0.15) is 0 Å². The van der Waals surface area contributed by atoms with Gasteiger partial charge in [-0.25, -0.2) is 0 Å². The van der Waals surface area contributed by atoms with Gasteiger partial charge in [0.05, 0.1) is 5.92 Å². The number of thioether (sulfide) groups is 1. The third kappa shape index (κ3) is 2.83. The standard InChI is InChI=1S/C14H21NOS/c1-6-8-11-12(7-2)17-10(4)9(3)13(11)14(16)15-5/h7-8,13H,6H2,1-5H3,(H,15,16)/b11-8+,12-7+. The van der Waals surface area contributed by atoms with E-state index in [1.165, 1.54) is 15.4 Å². The first-order valence-corrected chi connectivity index (χ1v) is 6.81. The average Bonchev–Trinajstić information content (AvgIpc) is 2.33. The second kappa shape index (κ2) is 6.10. The van der Waals surface area contributed by atoms with Crippen molar-refractivity contribution in [3.8, 4) is 0 Å². The molecule has 0 saturated heterocycles. The molecule has 1 heterocycles. The first kappa shape index (κ1) is 14.1. The summed E-state index contributed by atoms with van der Waals surface area (Å²) in [4.78, 5) is 14.5. The summed E-state index contributed by atoms with van der Waals surface area (Å²) in [6, 6.07) is 0. The molecule has 94 valence electrons. The smallest absolute Gasteiger partial charge is 0.231 e. The van der Waals surface area contributed by atoms with E-state index in [-0.39, 0.29) is 11.8 Å². The molecule has 3 heteroatoms. The Hall–Kier alpha value is -0.960. The lowest BCUT2D eigenvalue weighted by Gasteiger charge is -2.28. The molecule has 1 atom stereocenters. The molecule has 1 aliphatic heterocycles. The molecule has 0 aromatic carbocycles. The summed E-state index contributed by atoms with van der Waals surface area (Å²) in [6.07, 6.45) is 5.21. The zero-order chi connectivity index (χ0) is 13.0. The van der Waals surface area contributed by atoms with Crippen molar-refractivity contribution in [2.45, 2.75) is 34.1 Å². The van der Waals surface area contributed by atoms with Gasteiger partial charge in [-0.15, -0.1) is 0 Å². The van der Waals surface area contributed by atoms with Crippen LogP contribution in [0.5, 0.6) is 0 Å². The lowest BCUT2D eigenvalue weighted by atomic mass is 9.88. The molecule has 17 heavy (non-hydrogen) atoms. The first-order chi connectivity index (χ1) is 8.06. The number of amides is 1. The minimum Gasteiger partial charge on any atom is -0.358 e. The predicted octanol–water partition coefficient (Wildman–Crippen LogP) is 3.63. The molecule has 1 rings (SSSR count). The van der Waals surface area contributed by atoms with E-state index in [0.717, 1.165) is 12.0 Å². The zero-order valence-corrected chi connectivity index (χ0v) is 12.1. The molecular formula is C14H21NOS. The lowest BCUT2D eigenvalue weighted by molar-refractivity contribution is -0.122. The van der Waals surface area contributed by atoms with Gasteiger partial charge in [0.1, 0.15) is 0 Å².